The van der Waals surface area contributed by atoms with E-state index >= 15 is 0 Å². The van der Waals surface area contributed by atoms with Crippen molar-refractivity contribution >= 4 is 11.6 Å². The van der Waals surface area contributed by atoms with Gasteiger partial charge < -0.3 is 0 Å². The Morgan fingerprint density at radius 2 is 2.07 bits per heavy atom. The predicted octanol–water partition coefficient (Wildman–Crippen LogP) is 3.24. The number of benzene rings is 1. The predicted molar refractivity (Wildman–Crippen MR) is 57.2 cm³/mol. The molecule has 1 heterocycles. The molecule has 1 aromatic heterocycles. The Kier molecular flexibility index (Phi) is 2.64. The molecule has 2 rings (SSSR count). The molecule has 0 amide bonds. The van der Waals surface area contributed by atoms with E-state index in [-0.39, 0.29) is 5.02 Å². The van der Waals surface area contributed by atoms with Gasteiger partial charge in [-0.15, -0.1) is 0 Å². The SMILES string of the molecule is Cc1ccnc(-c2cccc(Cl)c2F)n1. The van der Waals surface area contributed by atoms with Crippen LogP contribution in [-0.2, 0) is 0 Å². The average molecular weight is 223 g/mol. The zero-order valence-corrected chi connectivity index (χ0v) is 8.79. The van der Waals surface area contributed by atoms with Gasteiger partial charge in [-0.2, -0.15) is 0 Å². The van der Waals surface area contributed by atoms with Gasteiger partial charge in [-0.05, 0) is 25.1 Å². The molecule has 76 valence electrons. The van der Waals surface area contributed by atoms with Crippen LogP contribution in [0.1, 0.15) is 5.69 Å². The highest BCUT2D eigenvalue weighted by Crippen LogP contribution is 2.24. The highest BCUT2D eigenvalue weighted by Gasteiger charge is 2.10. The third-order valence-corrected chi connectivity index (χ3v) is 2.28. The number of aromatic nitrogens is 2. The summed E-state index contributed by atoms with van der Waals surface area (Å²) in [6, 6.07) is 6.53. The molecule has 0 N–H and O–H groups in total. The highest BCUT2D eigenvalue weighted by atomic mass is 35.5. The molecule has 2 nitrogen and oxygen atoms in total. The Morgan fingerprint density at radius 3 is 2.80 bits per heavy atom. The van der Waals surface area contributed by atoms with E-state index in [0.29, 0.717) is 11.4 Å². The minimum atomic E-state index is -0.482. The molecule has 0 unspecified atom stereocenters. The van der Waals surface area contributed by atoms with Gasteiger partial charge in [0, 0.05) is 11.9 Å². The van der Waals surface area contributed by atoms with Gasteiger partial charge >= 0.3 is 0 Å². The van der Waals surface area contributed by atoms with Gasteiger partial charge in [0.25, 0.3) is 0 Å². The van der Waals surface area contributed by atoms with E-state index in [1.165, 1.54) is 6.07 Å². The van der Waals surface area contributed by atoms with Crippen LogP contribution in [0.15, 0.2) is 30.5 Å². The first-order chi connectivity index (χ1) is 7.18. The summed E-state index contributed by atoms with van der Waals surface area (Å²) in [6.45, 7) is 1.83. The summed E-state index contributed by atoms with van der Waals surface area (Å²) in [6.07, 6.45) is 1.60. The lowest BCUT2D eigenvalue weighted by molar-refractivity contribution is 0.630. The van der Waals surface area contributed by atoms with E-state index in [4.69, 9.17) is 11.6 Å². The molecule has 0 aliphatic heterocycles. The number of nitrogens with zero attached hydrogens (tertiary/aromatic N) is 2. The number of aryl methyl sites for hydroxylation is 1. The first-order valence-electron chi connectivity index (χ1n) is 4.42. The Balaban J connectivity index is 2.59. The zero-order valence-electron chi connectivity index (χ0n) is 8.04. The normalized spacial score (nSPS) is 10.3. The van der Waals surface area contributed by atoms with Crippen molar-refractivity contribution in [3.8, 4) is 11.4 Å². The maximum absolute atomic E-state index is 13.6. The zero-order chi connectivity index (χ0) is 10.8. The van der Waals surface area contributed by atoms with E-state index in [0.717, 1.165) is 5.69 Å². The maximum atomic E-state index is 13.6. The maximum Gasteiger partial charge on any atom is 0.162 e. The summed E-state index contributed by atoms with van der Waals surface area (Å²) in [5, 5.41) is 0.0811. The summed E-state index contributed by atoms with van der Waals surface area (Å²) in [5.41, 5.74) is 1.12. The molecule has 2 aromatic rings. The fourth-order valence-electron chi connectivity index (χ4n) is 1.26. The molecule has 0 aliphatic carbocycles. The van der Waals surface area contributed by atoms with Crippen LogP contribution in [-0.4, -0.2) is 9.97 Å². The third kappa shape index (κ3) is 1.97. The van der Waals surface area contributed by atoms with Gasteiger partial charge in [0.1, 0.15) is 0 Å². The molecule has 15 heavy (non-hydrogen) atoms. The Bertz CT molecular complexity index is 500. The first kappa shape index (κ1) is 10.1. The van der Waals surface area contributed by atoms with Crippen LogP contribution < -0.4 is 0 Å². The third-order valence-electron chi connectivity index (χ3n) is 1.99. The van der Waals surface area contributed by atoms with Crippen LogP contribution >= 0.6 is 11.6 Å². The lowest BCUT2D eigenvalue weighted by Crippen LogP contribution is -1.93. The van der Waals surface area contributed by atoms with E-state index in [1.54, 1.807) is 24.4 Å². The largest absolute Gasteiger partial charge is 0.236 e. The Hall–Kier alpha value is -1.48. The van der Waals surface area contributed by atoms with Crippen molar-refractivity contribution in [3.05, 3.63) is 47.0 Å². The smallest absolute Gasteiger partial charge is 0.162 e. The van der Waals surface area contributed by atoms with E-state index in [9.17, 15) is 4.39 Å². The molecule has 0 aliphatic rings. The van der Waals surface area contributed by atoms with Gasteiger partial charge in [-0.3, -0.25) is 0 Å². The second kappa shape index (κ2) is 3.95. The monoisotopic (exact) mass is 222 g/mol. The molecule has 0 spiro atoms. The Morgan fingerprint density at radius 1 is 1.27 bits per heavy atom. The highest BCUT2D eigenvalue weighted by molar-refractivity contribution is 6.31. The van der Waals surface area contributed by atoms with E-state index in [1.807, 2.05) is 6.92 Å². The molecule has 1 aromatic carbocycles. The van der Waals surface area contributed by atoms with E-state index < -0.39 is 5.82 Å². The van der Waals surface area contributed by atoms with Gasteiger partial charge in [-0.1, -0.05) is 17.7 Å². The number of hydrogen-bond acceptors (Lipinski definition) is 2. The lowest BCUT2D eigenvalue weighted by atomic mass is 10.2. The fraction of sp³-hybridized carbons (Fsp3) is 0.0909. The molecule has 0 bridgehead atoms. The standard InChI is InChI=1S/C11H8ClFN2/c1-7-5-6-14-11(15-7)8-3-2-4-9(12)10(8)13/h2-6H,1H3. The van der Waals surface area contributed by atoms with E-state index in [2.05, 4.69) is 9.97 Å². The van der Waals surface area contributed by atoms with Crippen LogP contribution in [0.4, 0.5) is 4.39 Å². The second-order valence-corrected chi connectivity index (χ2v) is 3.53. The van der Waals surface area contributed by atoms with Crippen LogP contribution in [0.2, 0.25) is 5.02 Å². The second-order valence-electron chi connectivity index (χ2n) is 3.12. The summed E-state index contributed by atoms with van der Waals surface area (Å²) in [7, 11) is 0. The van der Waals surface area contributed by atoms with Gasteiger partial charge in [-0.25, -0.2) is 14.4 Å². The van der Waals surface area contributed by atoms with Crippen molar-refractivity contribution in [2.45, 2.75) is 6.92 Å². The van der Waals surface area contributed by atoms with Crippen LogP contribution in [0, 0.1) is 12.7 Å². The minimum Gasteiger partial charge on any atom is -0.236 e. The van der Waals surface area contributed by atoms with Crippen molar-refractivity contribution in [2.24, 2.45) is 0 Å². The fourth-order valence-corrected chi connectivity index (χ4v) is 1.43. The van der Waals surface area contributed by atoms with Crippen molar-refractivity contribution < 1.29 is 4.39 Å². The van der Waals surface area contributed by atoms with Crippen molar-refractivity contribution in [2.75, 3.05) is 0 Å². The molecule has 4 heteroatoms. The van der Waals surface area contributed by atoms with Gasteiger partial charge in [0.15, 0.2) is 11.6 Å². The summed E-state index contributed by atoms with van der Waals surface area (Å²) < 4.78 is 13.6. The summed E-state index contributed by atoms with van der Waals surface area (Å²) >= 11 is 5.67. The molecule has 0 fully saturated rings. The Labute approximate surface area is 91.8 Å². The molecule has 0 saturated heterocycles. The molecular formula is C11H8ClFN2. The van der Waals surface area contributed by atoms with Gasteiger partial charge in [0.2, 0.25) is 0 Å². The molecule has 0 atom stereocenters. The molecular weight excluding hydrogens is 215 g/mol. The van der Waals surface area contributed by atoms with Crippen molar-refractivity contribution in [3.63, 3.8) is 0 Å². The number of hydrogen-bond donors (Lipinski definition) is 0. The van der Waals surface area contributed by atoms with Gasteiger partial charge in [0.05, 0.1) is 10.6 Å². The van der Waals surface area contributed by atoms with Crippen molar-refractivity contribution in [1.29, 1.82) is 0 Å². The summed E-state index contributed by atoms with van der Waals surface area (Å²) in [5.74, 6) is -0.125. The number of rotatable bonds is 1. The van der Waals surface area contributed by atoms with Crippen LogP contribution in [0.3, 0.4) is 0 Å². The summed E-state index contributed by atoms with van der Waals surface area (Å²) in [4.78, 5) is 8.14. The topological polar surface area (TPSA) is 25.8 Å². The number of halogens is 2. The minimum absolute atomic E-state index is 0.0811. The van der Waals surface area contributed by atoms with Crippen LogP contribution in [0.25, 0.3) is 11.4 Å². The molecule has 0 radical (unpaired) electrons. The molecule has 0 saturated carbocycles. The lowest BCUT2D eigenvalue weighted by Gasteiger charge is -2.03. The quantitative estimate of drug-likeness (QED) is 0.740. The van der Waals surface area contributed by atoms with Crippen molar-refractivity contribution in [1.82, 2.24) is 9.97 Å². The first-order valence-corrected chi connectivity index (χ1v) is 4.80. The average Bonchev–Trinajstić information content (AvgIpc) is 2.22. The van der Waals surface area contributed by atoms with Crippen LogP contribution in [0.5, 0.6) is 0 Å².